The second-order valence-electron chi connectivity index (χ2n) is 6.66. The molecular weight excluding hydrogens is 280 g/mol. The predicted octanol–water partition coefficient (Wildman–Crippen LogP) is 3.90. The first-order valence-corrected chi connectivity index (χ1v) is 8.49. The molecule has 2 rings (SSSR count). The molecule has 1 aliphatic carbocycles. The lowest BCUT2D eigenvalue weighted by Gasteiger charge is -2.40. The van der Waals surface area contributed by atoms with Gasteiger partial charge in [0.05, 0.1) is 0 Å². The van der Waals surface area contributed by atoms with Gasteiger partial charge in [-0.05, 0) is 56.0 Å². The first-order valence-electron chi connectivity index (χ1n) is 7.61. The van der Waals surface area contributed by atoms with Crippen LogP contribution >= 0.6 is 11.8 Å². The van der Waals surface area contributed by atoms with Crippen LogP contribution in [0, 0.1) is 5.41 Å². The van der Waals surface area contributed by atoms with E-state index in [2.05, 4.69) is 43.7 Å². The third-order valence-electron chi connectivity index (χ3n) is 4.17. The van der Waals surface area contributed by atoms with Crippen molar-refractivity contribution in [3.63, 3.8) is 0 Å². The van der Waals surface area contributed by atoms with Gasteiger partial charge in [0.2, 0.25) is 5.91 Å². The molecular formula is C17H26N2OS. The molecule has 1 amide bonds. The standard InChI is InChI=1S/C17H26N2OS/c1-12(20)19-13-5-7-14(8-6-13)21-16-11-17(2,3)10-9-15(16)18-4/h5-8,15-16,18H,9-11H2,1-4H3,(H,19,20). The zero-order chi connectivity index (χ0) is 15.5. The molecule has 4 heteroatoms. The van der Waals surface area contributed by atoms with E-state index in [1.807, 2.05) is 23.9 Å². The van der Waals surface area contributed by atoms with E-state index < -0.39 is 0 Å². The van der Waals surface area contributed by atoms with Crippen LogP contribution in [0.5, 0.6) is 0 Å². The molecule has 0 heterocycles. The summed E-state index contributed by atoms with van der Waals surface area (Å²) < 4.78 is 0. The molecule has 0 aromatic heterocycles. The summed E-state index contributed by atoms with van der Waals surface area (Å²) in [5.74, 6) is -0.0281. The van der Waals surface area contributed by atoms with E-state index in [9.17, 15) is 4.79 Å². The number of hydrogen-bond donors (Lipinski definition) is 2. The molecule has 0 aliphatic heterocycles. The van der Waals surface area contributed by atoms with Crippen molar-refractivity contribution in [2.75, 3.05) is 12.4 Å². The Hall–Kier alpha value is -1.00. The summed E-state index contributed by atoms with van der Waals surface area (Å²) in [5.41, 5.74) is 1.29. The van der Waals surface area contributed by atoms with E-state index >= 15 is 0 Å². The highest BCUT2D eigenvalue weighted by Crippen LogP contribution is 2.42. The fraction of sp³-hybridized carbons (Fsp3) is 0.588. The van der Waals surface area contributed by atoms with Gasteiger partial charge in [-0.15, -0.1) is 11.8 Å². The van der Waals surface area contributed by atoms with Crippen LogP contribution in [-0.2, 0) is 4.79 Å². The van der Waals surface area contributed by atoms with Crippen molar-refractivity contribution >= 4 is 23.4 Å². The number of hydrogen-bond acceptors (Lipinski definition) is 3. The van der Waals surface area contributed by atoms with E-state index in [1.165, 1.54) is 31.1 Å². The molecule has 1 fully saturated rings. The molecule has 0 radical (unpaired) electrons. The minimum Gasteiger partial charge on any atom is -0.326 e. The lowest BCUT2D eigenvalue weighted by atomic mass is 9.75. The summed E-state index contributed by atoms with van der Waals surface area (Å²) in [6.07, 6.45) is 3.76. The smallest absolute Gasteiger partial charge is 0.221 e. The SMILES string of the molecule is CNC1CCC(C)(C)CC1Sc1ccc(NC(C)=O)cc1. The highest BCUT2D eigenvalue weighted by molar-refractivity contribution is 8.00. The van der Waals surface area contributed by atoms with Crippen LogP contribution in [0.15, 0.2) is 29.2 Å². The zero-order valence-electron chi connectivity index (χ0n) is 13.4. The van der Waals surface area contributed by atoms with Crippen LogP contribution in [0.1, 0.15) is 40.0 Å². The van der Waals surface area contributed by atoms with Gasteiger partial charge >= 0.3 is 0 Å². The molecule has 1 aliphatic rings. The number of amides is 1. The number of rotatable bonds is 4. The van der Waals surface area contributed by atoms with Gasteiger partial charge in [0.1, 0.15) is 0 Å². The van der Waals surface area contributed by atoms with Crippen molar-refractivity contribution in [1.29, 1.82) is 0 Å². The van der Waals surface area contributed by atoms with Crippen molar-refractivity contribution in [3.8, 4) is 0 Å². The molecule has 1 aromatic carbocycles. The highest BCUT2D eigenvalue weighted by atomic mass is 32.2. The van der Waals surface area contributed by atoms with Crippen molar-refractivity contribution in [2.45, 2.75) is 56.2 Å². The highest BCUT2D eigenvalue weighted by Gasteiger charge is 2.34. The Morgan fingerprint density at radius 1 is 1.29 bits per heavy atom. The number of anilines is 1. The molecule has 0 saturated heterocycles. The van der Waals surface area contributed by atoms with E-state index in [0.717, 1.165) is 5.69 Å². The van der Waals surface area contributed by atoms with Crippen LogP contribution in [-0.4, -0.2) is 24.2 Å². The van der Waals surface area contributed by atoms with Gasteiger partial charge in [-0.2, -0.15) is 0 Å². The number of thioether (sulfide) groups is 1. The quantitative estimate of drug-likeness (QED) is 0.886. The van der Waals surface area contributed by atoms with Crippen LogP contribution < -0.4 is 10.6 Å². The van der Waals surface area contributed by atoms with E-state index in [1.54, 1.807) is 0 Å². The Kier molecular flexibility index (Phi) is 5.33. The Balaban J connectivity index is 2.03. The maximum atomic E-state index is 11.0. The molecule has 0 bridgehead atoms. The first kappa shape index (κ1) is 16.4. The lowest BCUT2D eigenvalue weighted by molar-refractivity contribution is -0.114. The molecule has 2 unspecified atom stereocenters. The summed E-state index contributed by atoms with van der Waals surface area (Å²) in [4.78, 5) is 12.3. The maximum absolute atomic E-state index is 11.0. The minimum absolute atomic E-state index is 0.0281. The molecule has 2 N–H and O–H groups in total. The van der Waals surface area contributed by atoms with Crippen LogP contribution in [0.4, 0.5) is 5.69 Å². The first-order chi connectivity index (χ1) is 9.89. The topological polar surface area (TPSA) is 41.1 Å². The second-order valence-corrected chi connectivity index (χ2v) is 7.98. The monoisotopic (exact) mass is 306 g/mol. The van der Waals surface area contributed by atoms with Crippen molar-refractivity contribution in [3.05, 3.63) is 24.3 Å². The number of nitrogens with one attached hydrogen (secondary N) is 2. The van der Waals surface area contributed by atoms with Gasteiger partial charge in [-0.3, -0.25) is 4.79 Å². The average Bonchev–Trinajstić information content (AvgIpc) is 2.40. The molecule has 1 saturated carbocycles. The Labute approximate surface area is 132 Å². The Morgan fingerprint density at radius 3 is 2.52 bits per heavy atom. The Bertz CT molecular complexity index is 484. The summed E-state index contributed by atoms with van der Waals surface area (Å²) in [6.45, 7) is 6.27. The van der Waals surface area contributed by atoms with Gasteiger partial charge in [0, 0.05) is 28.8 Å². The molecule has 116 valence electrons. The number of carbonyl (C=O) groups excluding carboxylic acids is 1. The van der Waals surface area contributed by atoms with E-state index in [-0.39, 0.29) is 5.91 Å². The van der Waals surface area contributed by atoms with E-state index in [0.29, 0.717) is 16.7 Å². The minimum atomic E-state index is -0.0281. The van der Waals surface area contributed by atoms with E-state index in [4.69, 9.17) is 0 Å². The Morgan fingerprint density at radius 2 is 1.95 bits per heavy atom. The van der Waals surface area contributed by atoms with Crippen LogP contribution in [0.2, 0.25) is 0 Å². The third kappa shape index (κ3) is 4.75. The number of benzene rings is 1. The largest absolute Gasteiger partial charge is 0.326 e. The summed E-state index contributed by atoms with van der Waals surface area (Å²) in [6, 6.07) is 8.74. The summed E-state index contributed by atoms with van der Waals surface area (Å²) in [7, 11) is 2.07. The van der Waals surface area contributed by atoms with Crippen molar-refractivity contribution < 1.29 is 4.79 Å². The molecule has 0 spiro atoms. The molecule has 3 nitrogen and oxygen atoms in total. The molecule has 21 heavy (non-hydrogen) atoms. The summed E-state index contributed by atoms with van der Waals surface area (Å²) in [5, 5.41) is 6.88. The molecule has 2 atom stereocenters. The van der Waals surface area contributed by atoms with Gasteiger partial charge in [-0.25, -0.2) is 0 Å². The van der Waals surface area contributed by atoms with Crippen LogP contribution in [0.25, 0.3) is 0 Å². The van der Waals surface area contributed by atoms with Gasteiger partial charge in [0.25, 0.3) is 0 Å². The fourth-order valence-electron chi connectivity index (χ4n) is 2.97. The number of carbonyl (C=O) groups is 1. The second kappa shape index (κ2) is 6.84. The third-order valence-corrected chi connectivity index (χ3v) is 5.51. The van der Waals surface area contributed by atoms with Gasteiger partial charge in [-0.1, -0.05) is 13.8 Å². The summed E-state index contributed by atoms with van der Waals surface area (Å²) >= 11 is 1.95. The van der Waals surface area contributed by atoms with Crippen molar-refractivity contribution in [2.24, 2.45) is 5.41 Å². The fourth-order valence-corrected chi connectivity index (χ4v) is 4.58. The normalized spacial score (nSPS) is 24.6. The average molecular weight is 306 g/mol. The maximum Gasteiger partial charge on any atom is 0.221 e. The lowest BCUT2D eigenvalue weighted by Crippen LogP contribution is -2.43. The van der Waals surface area contributed by atoms with Gasteiger partial charge < -0.3 is 10.6 Å². The zero-order valence-corrected chi connectivity index (χ0v) is 14.2. The van der Waals surface area contributed by atoms with Crippen molar-refractivity contribution in [1.82, 2.24) is 5.32 Å². The van der Waals surface area contributed by atoms with Crippen LogP contribution in [0.3, 0.4) is 0 Å². The molecule has 1 aromatic rings. The van der Waals surface area contributed by atoms with Gasteiger partial charge in [0.15, 0.2) is 0 Å². The predicted molar refractivity (Wildman–Crippen MR) is 90.9 cm³/mol.